The summed E-state index contributed by atoms with van der Waals surface area (Å²) in [7, 11) is 3.98. The minimum absolute atomic E-state index is 0.168. The van der Waals surface area contributed by atoms with Gasteiger partial charge >= 0.3 is 0 Å². The third-order valence-corrected chi connectivity index (χ3v) is 6.14. The fourth-order valence-electron chi connectivity index (χ4n) is 4.00. The molecule has 0 aromatic heterocycles. The molecule has 1 aliphatic rings. The molecule has 1 unspecified atom stereocenters. The van der Waals surface area contributed by atoms with Crippen molar-refractivity contribution in [2.24, 2.45) is 0 Å². The molecule has 1 N–H and O–H groups in total. The lowest BCUT2D eigenvalue weighted by molar-refractivity contribution is 0.0666. The second-order valence-electron chi connectivity index (χ2n) is 7.70. The fraction of sp³-hybridized carbons (Fsp3) is 0.435. The van der Waals surface area contributed by atoms with Crippen LogP contribution < -0.4 is 10.2 Å². The Bertz CT molecular complexity index is 782. The number of hydrogen-bond acceptors (Lipinski definition) is 4. The van der Waals surface area contributed by atoms with Gasteiger partial charge in [-0.1, -0.05) is 30.7 Å². The molecule has 150 valence electrons. The Balaban J connectivity index is 1.85. The molecule has 28 heavy (non-hydrogen) atoms. The van der Waals surface area contributed by atoms with E-state index in [2.05, 4.69) is 34.2 Å². The van der Waals surface area contributed by atoms with Crippen LogP contribution in [0, 0.1) is 0 Å². The average molecular weight is 400 g/mol. The largest absolute Gasteiger partial charge is 0.369 e. The van der Waals surface area contributed by atoms with Crippen molar-refractivity contribution in [3.63, 3.8) is 0 Å². The van der Waals surface area contributed by atoms with Crippen molar-refractivity contribution in [2.45, 2.75) is 25.3 Å². The Morgan fingerprint density at radius 1 is 1.07 bits per heavy atom. The maximum Gasteiger partial charge on any atom is 0.183 e. The highest BCUT2D eigenvalue weighted by atomic mass is 35.5. The van der Waals surface area contributed by atoms with E-state index >= 15 is 0 Å². The first-order valence-corrected chi connectivity index (χ1v) is 10.4. The number of hydrogen-bond donors (Lipinski definition) is 1. The number of carbonyl (C=O) groups is 1. The first-order valence-electron chi connectivity index (χ1n) is 9.98. The number of nitrogens with one attached hydrogen (secondary N) is 1. The Labute approximate surface area is 173 Å². The topological polar surface area (TPSA) is 35.6 Å². The van der Waals surface area contributed by atoms with Crippen LogP contribution in [0.25, 0.3) is 0 Å². The van der Waals surface area contributed by atoms with Gasteiger partial charge in [0, 0.05) is 42.5 Å². The molecule has 0 saturated carbocycles. The second-order valence-corrected chi connectivity index (χ2v) is 8.13. The summed E-state index contributed by atoms with van der Waals surface area (Å²) in [5, 5.41) is 4.08. The Morgan fingerprint density at radius 3 is 2.21 bits per heavy atom. The summed E-state index contributed by atoms with van der Waals surface area (Å²) in [4.78, 5) is 18.0. The third-order valence-electron chi connectivity index (χ3n) is 5.89. The summed E-state index contributed by atoms with van der Waals surface area (Å²) in [6.45, 7) is 6.09. The van der Waals surface area contributed by atoms with Gasteiger partial charge < -0.3 is 10.2 Å². The van der Waals surface area contributed by atoms with E-state index < -0.39 is 5.54 Å². The van der Waals surface area contributed by atoms with Gasteiger partial charge in [0.05, 0.1) is 5.54 Å². The predicted molar refractivity (Wildman–Crippen MR) is 118 cm³/mol. The van der Waals surface area contributed by atoms with Crippen molar-refractivity contribution in [2.75, 3.05) is 45.2 Å². The monoisotopic (exact) mass is 399 g/mol. The maximum atomic E-state index is 13.6. The van der Waals surface area contributed by atoms with Crippen LogP contribution in [0.2, 0.25) is 5.02 Å². The highest BCUT2D eigenvalue weighted by molar-refractivity contribution is 6.30. The quantitative estimate of drug-likeness (QED) is 0.716. The summed E-state index contributed by atoms with van der Waals surface area (Å²) < 4.78 is 0. The zero-order chi connectivity index (χ0) is 20.1. The van der Waals surface area contributed by atoms with Crippen LogP contribution >= 0.6 is 11.6 Å². The third kappa shape index (κ3) is 4.40. The van der Waals surface area contributed by atoms with Gasteiger partial charge in [0.25, 0.3) is 0 Å². The van der Waals surface area contributed by atoms with E-state index in [1.54, 1.807) is 0 Å². The normalized spacial score (nSPS) is 16.8. The predicted octanol–water partition coefficient (Wildman–Crippen LogP) is 3.89. The van der Waals surface area contributed by atoms with Crippen LogP contribution in [0.4, 0.5) is 5.69 Å². The molecule has 4 nitrogen and oxygen atoms in total. The van der Waals surface area contributed by atoms with E-state index in [1.807, 2.05) is 50.5 Å². The van der Waals surface area contributed by atoms with Crippen LogP contribution in [-0.2, 0) is 6.42 Å². The molecule has 5 heteroatoms. The van der Waals surface area contributed by atoms with Crippen LogP contribution in [0.5, 0.6) is 0 Å². The van der Waals surface area contributed by atoms with Gasteiger partial charge in [-0.05, 0) is 68.9 Å². The van der Waals surface area contributed by atoms with Crippen LogP contribution in [0.15, 0.2) is 48.5 Å². The van der Waals surface area contributed by atoms with Gasteiger partial charge in [-0.2, -0.15) is 0 Å². The molecule has 0 radical (unpaired) electrons. The number of Topliss-reactive ketones (excluding diaryl/α,β-unsaturated/α-hetero) is 1. The smallest absolute Gasteiger partial charge is 0.183 e. The summed E-state index contributed by atoms with van der Waals surface area (Å²) >= 11 is 6.03. The molecule has 1 saturated heterocycles. The highest BCUT2D eigenvalue weighted by Crippen LogP contribution is 2.29. The zero-order valence-electron chi connectivity index (χ0n) is 17.0. The van der Waals surface area contributed by atoms with E-state index in [0.29, 0.717) is 11.4 Å². The van der Waals surface area contributed by atoms with E-state index in [-0.39, 0.29) is 5.78 Å². The first-order chi connectivity index (χ1) is 13.5. The molecule has 1 heterocycles. The minimum atomic E-state index is -0.579. The lowest BCUT2D eigenvalue weighted by Gasteiger charge is -2.38. The second kappa shape index (κ2) is 9.08. The molecule has 0 aliphatic carbocycles. The number of rotatable bonds is 7. The Hall–Kier alpha value is -1.88. The van der Waals surface area contributed by atoms with E-state index in [0.717, 1.165) is 43.7 Å². The summed E-state index contributed by atoms with van der Waals surface area (Å²) in [6.07, 6.45) is 1.40. The van der Waals surface area contributed by atoms with Gasteiger partial charge in [0.15, 0.2) is 5.78 Å². The maximum absolute atomic E-state index is 13.6. The lowest BCUT2D eigenvalue weighted by Crippen LogP contribution is -2.52. The Morgan fingerprint density at radius 2 is 1.68 bits per heavy atom. The fourth-order valence-corrected chi connectivity index (χ4v) is 4.12. The first kappa shape index (κ1) is 20.8. The summed E-state index contributed by atoms with van der Waals surface area (Å²) in [5.41, 5.74) is 2.49. The number of anilines is 1. The van der Waals surface area contributed by atoms with E-state index in [4.69, 9.17) is 11.6 Å². The summed E-state index contributed by atoms with van der Waals surface area (Å²) in [5.74, 6) is 0.168. The van der Waals surface area contributed by atoms with Crippen LogP contribution in [0.3, 0.4) is 0 Å². The van der Waals surface area contributed by atoms with Gasteiger partial charge in [-0.15, -0.1) is 0 Å². The number of piperazine rings is 1. The number of halogens is 1. The SMILES string of the molecule is CCC(Cc1ccc(Cl)cc1)(C(=O)c1ccc(N2CCNCC2)cc1)N(C)C. The van der Waals surface area contributed by atoms with Crippen molar-refractivity contribution in [1.29, 1.82) is 0 Å². The number of carbonyl (C=O) groups excluding carboxylic acids is 1. The van der Waals surface area contributed by atoms with Crippen molar-refractivity contribution in [3.05, 3.63) is 64.7 Å². The Kier molecular flexibility index (Phi) is 6.76. The van der Waals surface area contributed by atoms with Gasteiger partial charge in [0.1, 0.15) is 0 Å². The zero-order valence-corrected chi connectivity index (χ0v) is 17.8. The molecule has 1 fully saturated rings. The van der Waals surface area contributed by atoms with E-state index in [1.165, 1.54) is 5.69 Å². The van der Waals surface area contributed by atoms with Crippen molar-refractivity contribution in [3.8, 4) is 0 Å². The van der Waals surface area contributed by atoms with Crippen LogP contribution in [0.1, 0.15) is 29.3 Å². The molecule has 0 spiro atoms. The molecule has 2 aromatic rings. The molecular formula is C23H30ClN3O. The summed E-state index contributed by atoms with van der Waals surface area (Å²) in [6, 6.07) is 15.9. The average Bonchev–Trinajstić information content (AvgIpc) is 2.73. The minimum Gasteiger partial charge on any atom is -0.369 e. The molecule has 0 bridgehead atoms. The van der Waals surface area contributed by atoms with Crippen molar-refractivity contribution in [1.82, 2.24) is 10.2 Å². The molecular weight excluding hydrogens is 370 g/mol. The van der Waals surface area contributed by atoms with Crippen molar-refractivity contribution >= 4 is 23.1 Å². The molecule has 2 aromatic carbocycles. The van der Waals surface area contributed by atoms with Gasteiger partial charge in [0.2, 0.25) is 0 Å². The molecule has 1 aliphatic heterocycles. The number of nitrogens with zero attached hydrogens (tertiary/aromatic N) is 2. The van der Waals surface area contributed by atoms with Gasteiger partial charge in [-0.25, -0.2) is 0 Å². The molecule has 1 atom stereocenters. The number of benzene rings is 2. The standard InChI is InChI=1S/C23H30ClN3O/c1-4-23(26(2)3,17-18-5-9-20(24)10-6-18)22(28)19-7-11-21(12-8-19)27-15-13-25-14-16-27/h5-12,25H,4,13-17H2,1-3H3. The lowest BCUT2D eigenvalue weighted by atomic mass is 9.80. The van der Waals surface area contributed by atoms with Gasteiger partial charge in [-0.3, -0.25) is 9.69 Å². The van der Waals surface area contributed by atoms with E-state index in [9.17, 15) is 4.79 Å². The molecule has 0 amide bonds. The molecule has 3 rings (SSSR count). The van der Waals surface area contributed by atoms with Crippen LogP contribution in [-0.4, -0.2) is 56.5 Å². The highest BCUT2D eigenvalue weighted by Gasteiger charge is 2.39. The number of ketones is 1. The van der Waals surface area contributed by atoms with Crippen molar-refractivity contribution < 1.29 is 4.79 Å². The number of likely N-dealkylation sites (N-methyl/N-ethyl adjacent to an activating group) is 1.